The number of furan rings is 1. The molecule has 10 aromatic carbocycles. The van der Waals surface area contributed by atoms with E-state index in [4.69, 9.17) is 9.40 Å². The van der Waals surface area contributed by atoms with E-state index in [0.717, 1.165) is 55.6 Å². The summed E-state index contributed by atoms with van der Waals surface area (Å²) in [5, 5.41) is 2.27. The molecule has 15 rings (SSSR count). The average molecular weight is 876 g/mol. The van der Waals surface area contributed by atoms with E-state index in [1.807, 2.05) is 0 Å². The summed E-state index contributed by atoms with van der Waals surface area (Å²) in [5.41, 5.74) is 25.0. The van der Waals surface area contributed by atoms with Crippen LogP contribution in [-0.4, -0.2) is 4.98 Å². The van der Waals surface area contributed by atoms with Gasteiger partial charge in [0.25, 0.3) is 0 Å². The Morgan fingerprint density at radius 3 is 1.26 bits per heavy atom. The number of pyridine rings is 1. The van der Waals surface area contributed by atoms with Gasteiger partial charge in [-0.05, 0) is 125 Å². The van der Waals surface area contributed by atoms with Crippen LogP contribution in [0.25, 0.3) is 89.0 Å². The van der Waals surface area contributed by atoms with E-state index in [9.17, 15) is 0 Å². The second-order valence-electron chi connectivity index (χ2n) is 18.9. The van der Waals surface area contributed by atoms with Gasteiger partial charge in [-0.15, -0.1) is 0 Å². The van der Waals surface area contributed by atoms with Gasteiger partial charge in [0.05, 0.1) is 22.2 Å². The first-order chi connectivity index (χ1) is 34.2. The van der Waals surface area contributed by atoms with Crippen LogP contribution in [-0.2, 0) is 10.8 Å². The van der Waals surface area contributed by atoms with Crippen LogP contribution in [0.5, 0.6) is 0 Å². The van der Waals surface area contributed by atoms with Crippen LogP contribution >= 0.6 is 0 Å². The van der Waals surface area contributed by atoms with Gasteiger partial charge in [0.1, 0.15) is 11.2 Å². The van der Waals surface area contributed by atoms with E-state index in [-0.39, 0.29) is 0 Å². The molecular weight excluding hydrogens is 835 g/mol. The molecule has 2 spiro atoms. The lowest BCUT2D eigenvalue weighted by molar-refractivity contribution is 0.633. The van der Waals surface area contributed by atoms with E-state index in [2.05, 4.69) is 249 Å². The molecule has 0 unspecified atom stereocenters. The van der Waals surface area contributed by atoms with E-state index in [1.165, 1.54) is 77.9 Å². The van der Waals surface area contributed by atoms with Gasteiger partial charge in [0.15, 0.2) is 0 Å². The molecular formula is C67H41NO. The zero-order valence-corrected chi connectivity index (χ0v) is 37.5. The Morgan fingerprint density at radius 1 is 0.246 bits per heavy atom. The van der Waals surface area contributed by atoms with E-state index in [0.29, 0.717) is 0 Å². The van der Waals surface area contributed by atoms with Crippen molar-refractivity contribution in [3.05, 3.63) is 293 Å². The van der Waals surface area contributed by atoms with E-state index < -0.39 is 10.8 Å². The zero-order chi connectivity index (χ0) is 45.3. The van der Waals surface area contributed by atoms with Crippen LogP contribution in [0.1, 0.15) is 44.5 Å². The fourth-order valence-electron chi connectivity index (χ4n) is 12.7. The number of hydrogen-bond acceptors (Lipinski definition) is 2. The second kappa shape index (κ2) is 14.3. The van der Waals surface area contributed by atoms with Gasteiger partial charge in [0.2, 0.25) is 0 Å². The maximum Gasteiger partial charge on any atom is 0.136 e. The topological polar surface area (TPSA) is 26.0 Å². The standard InChI is InChI=1S/C67H41NO/c1-3-17-44(18-4-1)62-38-47(39-63(68-62)45-19-5-2-6-20-45)43-33-31-42(32-34-43)46-35-36-50-52-41-65-53(51-23-9-16-30-64(51)69-65)40-61(52)67(60(50)37-46)58-28-14-12-26-56(58)66(57-27-13-15-29-59(57)67)54-24-10-7-21-48(54)49-22-8-11-25-55(49)66/h1-41H. The Morgan fingerprint density at radius 2 is 0.681 bits per heavy atom. The molecule has 0 saturated heterocycles. The van der Waals surface area contributed by atoms with Crippen molar-refractivity contribution in [3.63, 3.8) is 0 Å². The van der Waals surface area contributed by atoms with E-state index >= 15 is 0 Å². The van der Waals surface area contributed by atoms with Crippen LogP contribution in [0.15, 0.2) is 253 Å². The number of rotatable bonds is 4. The molecule has 2 nitrogen and oxygen atoms in total. The molecule has 0 fully saturated rings. The van der Waals surface area contributed by atoms with Crippen LogP contribution in [0, 0.1) is 0 Å². The largest absolute Gasteiger partial charge is 0.456 e. The Bertz CT molecular complexity index is 3910. The SMILES string of the molecule is c1ccc(-c2cc(-c3ccc(-c4ccc5c(c4)C4(c6cc7c(cc6-5)oc5ccccc57)c5ccccc5C5(c6ccccc6-c6ccccc65)c5ccccc54)cc3)cc(-c3ccccc3)n2)cc1. The Balaban J connectivity index is 0.964. The van der Waals surface area contributed by atoms with Crippen molar-refractivity contribution in [2.45, 2.75) is 10.8 Å². The van der Waals surface area contributed by atoms with Crippen LogP contribution in [0.4, 0.5) is 0 Å². The summed E-state index contributed by atoms with van der Waals surface area (Å²) in [7, 11) is 0. The summed E-state index contributed by atoms with van der Waals surface area (Å²) in [6, 6.07) is 91.9. The number of nitrogens with zero attached hydrogens (tertiary/aromatic N) is 1. The minimum Gasteiger partial charge on any atom is -0.456 e. The molecule has 3 aliphatic carbocycles. The second-order valence-corrected chi connectivity index (χ2v) is 18.9. The highest BCUT2D eigenvalue weighted by Crippen LogP contribution is 2.68. The van der Waals surface area contributed by atoms with E-state index in [1.54, 1.807) is 0 Å². The molecule has 12 aromatic rings. The Hall–Kier alpha value is -8.85. The lowest BCUT2D eigenvalue weighted by Gasteiger charge is -2.48. The molecule has 3 aliphatic rings. The molecule has 0 radical (unpaired) electrons. The third kappa shape index (κ3) is 5.18. The van der Waals surface area contributed by atoms with Crippen molar-refractivity contribution in [1.29, 1.82) is 0 Å². The van der Waals surface area contributed by atoms with Crippen LogP contribution < -0.4 is 0 Å². The molecule has 0 aliphatic heterocycles. The van der Waals surface area contributed by atoms with Gasteiger partial charge in [0, 0.05) is 21.9 Å². The maximum atomic E-state index is 6.66. The number of para-hydroxylation sites is 1. The minimum absolute atomic E-state index is 0.512. The summed E-state index contributed by atoms with van der Waals surface area (Å²) in [6.45, 7) is 0. The lowest BCUT2D eigenvalue weighted by atomic mass is 9.52. The number of benzene rings is 10. The number of hydrogen-bond donors (Lipinski definition) is 0. The molecule has 2 heteroatoms. The lowest BCUT2D eigenvalue weighted by Crippen LogP contribution is -2.43. The van der Waals surface area contributed by atoms with Crippen molar-refractivity contribution in [3.8, 4) is 67.0 Å². The van der Waals surface area contributed by atoms with Gasteiger partial charge in [-0.2, -0.15) is 0 Å². The summed E-state index contributed by atoms with van der Waals surface area (Å²) in [5.74, 6) is 0. The third-order valence-corrected chi connectivity index (χ3v) is 15.6. The highest BCUT2D eigenvalue weighted by atomic mass is 16.3. The highest BCUT2D eigenvalue weighted by molar-refractivity contribution is 6.08. The molecule has 69 heavy (non-hydrogen) atoms. The van der Waals surface area contributed by atoms with Gasteiger partial charge >= 0.3 is 0 Å². The Kier molecular flexibility index (Phi) is 7.95. The normalized spacial score (nSPS) is 14.0. The van der Waals surface area contributed by atoms with Gasteiger partial charge < -0.3 is 4.42 Å². The molecule has 2 aromatic heterocycles. The highest BCUT2D eigenvalue weighted by Gasteiger charge is 2.59. The molecule has 0 saturated carbocycles. The summed E-state index contributed by atoms with van der Waals surface area (Å²) < 4.78 is 6.66. The first-order valence-electron chi connectivity index (χ1n) is 23.9. The predicted molar refractivity (Wildman–Crippen MR) is 281 cm³/mol. The van der Waals surface area contributed by atoms with Gasteiger partial charge in [-0.3, -0.25) is 0 Å². The predicted octanol–water partition coefficient (Wildman–Crippen LogP) is 16.7. The first kappa shape index (κ1) is 38.3. The monoisotopic (exact) mass is 875 g/mol. The van der Waals surface area contributed by atoms with Crippen LogP contribution in [0.3, 0.4) is 0 Å². The molecule has 0 bridgehead atoms. The summed E-state index contributed by atoms with van der Waals surface area (Å²) in [6.07, 6.45) is 0. The quantitative estimate of drug-likeness (QED) is 0.176. The molecule has 0 N–H and O–H groups in total. The van der Waals surface area contributed by atoms with Gasteiger partial charge in [-0.1, -0.05) is 212 Å². The fraction of sp³-hybridized carbons (Fsp3) is 0.0299. The fourth-order valence-corrected chi connectivity index (χ4v) is 12.7. The van der Waals surface area contributed by atoms with Crippen molar-refractivity contribution < 1.29 is 4.42 Å². The Labute approximate surface area is 400 Å². The summed E-state index contributed by atoms with van der Waals surface area (Å²) in [4.78, 5) is 5.16. The third-order valence-electron chi connectivity index (χ3n) is 15.6. The average Bonchev–Trinajstić information content (AvgIpc) is 4.04. The minimum atomic E-state index is -0.642. The van der Waals surface area contributed by atoms with Crippen molar-refractivity contribution in [2.24, 2.45) is 0 Å². The molecule has 0 atom stereocenters. The number of aromatic nitrogens is 1. The smallest absolute Gasteiger partial charge is 0.136 e. The molecule has 0 amide bonds. The molecule has 2 heterocycles. The van der Waals surface area contributed by atoms with Crippen molar-refractivity contribution in [1.82, 2.24) is 4.98 Å². The van der Waals surface area contributed by atoms with Crippen molar-refractivity contribution in [2.75, 3.05) is 0 Å². The van der Waals surface area contributed by atoms with Gasteiger partial charge in [-0.25, -0.2) is 4.98 Å². The van der Waals surface area contributed by atoms with Crippen LogP contribution in [0.2, 0.25) is 0 Å². The maximum absolute atomic E-state index is 6.66. The summed E-state index contributed by atoms with van der Waals surface area (Å²) >= 11 is 0. The first-order valence-corrected chi connectivity index (χ1v) is 23.9. The zero-order valence-electron chi connectivity index (χ0n) is 37.5. The van der Waals surface area contributed by atoms with Crippen molar-refractivity contribution >= 4 is 21.9 Å². The number of fused-ring (bicyclic) bond motifs is 19. The molecule has 320 valence electrons.